The standard InChI is InChI=1S/C22H25FO4/c1-13-5-4-6-16(9-13)20-10-14(2)22(23)15(3)19(20)8-7-17(24)11-18(25)12-21(26)27/h4-10,17-18,24-25H,11-12H2,1-3H3,(H,26,27)/b8-7+. The van der Waals surface area contributed by atoms with Crippen molar-refractivity contribution in [2.75, 3.05) is 0 Å². The van der Waals surface area contributed by atoms with E-state index in [1.54, 1.807) is 26.0 Å². The fourth-order valence-corrected chi connectivity index (χ4v) is 3.09. The molecule has 0 aliphatic heterocycles. The number of halogens is 1. The molecule has 0 aliphatic rings. The summed E-state index contributed by atoms with van der Waals surface area (Å²) in [4.78, 5) is 10.6. The Labute approximate surface area is 158 Å². The average Bonchev–Trinajstić information content (AvgIpc) is 2.57. The summed E-state index contributed by atoms with van der Waals surface area (Å²) in [6.07, 6.45) is 0.380. The summed E-state index contributed by atoms with van der Waals surface area (Å²) < 4.78 is 14.4. The molecule has 0 radical (unpaired) electrons. The molecular weight excluding hydrogens is 347 g/mol. The molecule has 2 atom stereocenters. The predicted octanol–water partition coefficient (Wildman–Crippen LogP) is 4.02. The van der Waals surface area contributed by atoms with Gasteiger partial charge >= 0.3 is 5.97 Å². The van der Waals surface area contributed by atoms with Gasteiger partial charge in [-0.3, -0.25) is 4.79 Å². The van der Waals surface area contributed by atoms with Crippen LogP contribution in [0.15, 0.2) is 36.4 Å². The molecule has 5 heteroatoms. The minimum atomic E-state index is -1.14. The monoisotopic (exact) mass is 372 g/mol. The molecule has 0 aliphatic carbocycles. The summed E-state index contributed by atoms with van der Waals surface area (Å²) in [5, 5.41) is 28.4. The molecule has 4 nitrogen and oxygen atoms in total. The van der Waals surface area contributed by atoms with Crippen LogP contribution in [0.25, 0.3) is 17.2 Å². The van der Waals surface area contributed by atoms with E-state index in [2.05, 4.69) is 0 Å². The molecule has 0 amide bonds. The first-order valence-electron chi connectivity index (χ1n) is 8.82. The van der Waals surface area contributed by atoms with Crippen molar-refractivity contribution in [3.63, 3.8) is 0 Å². The van der Waals surface area contributed by atoms with Crippen molar-refractivity contribution in [1.29, 1.82) is 0 Å². The number of hydrogen-bond acceptors (Lipinski definition) is 3. The third-order valence-corrected chi connectivity index (χ3v) is 4.47. The number of aliphatic carboxylic acids is 1. The van der Waals surface area contributed by atoms with Crippen LogP contribution in [0, 0.1) is 26.6 Å². The van der Waals surface area contributed by atoms with Gasteiger partial charge in [0.2, 0.25) is 0 Å². The lowest BCUT2D eigenvalue weighted by Gasteiger charge is -2.15. The highest BCUT2D eigenvalue weighted by Gasteiger charge is 2.15. The van der Waals surface area contributed by atoms with E-state index in [-0.39, 0.29) is 12.2 Å². The van der Waals surface area contributed by atoms with E-state index in [1.165, 1.54) is 6.08 Å². The van der Waals surface area contributed by atoms with Gasteiger partial charge in [-0.15, -0.1) is 0 Å². The van der Waals surface area contributed by atoms with Crippen molar-refractivity contribution in [3.8, 4) is 11.1 Å². The Hall–Kier alpha value is -2.50. The molecule has 0 spiro atoms. The quantitative estimate of drug-likeness (QED) is 0.686. The molecule has 2 rings (SSSR count). The van der Waals surface area contributed by atoms with Crippen LogP contribution in [-0.4, -0.2) is 33.5 Å². The highest BCUT2D eigenvalue weighted by Crippen LogP contribution is 2.31. The number of aliphatic hydroxyl groups excluding tert-OH is 2. The first kappa shape index (κ1) is 20.8. The number of carboxylic acid groups (broad SMARTS) is 1. The van der Waals surface area contributed by atoms with Crippen molar-refractivity contribution in [2.24, 2.45) is 0 Å². The molecule has 0 saturated carbocycles. The maximum atomic E-state index is 14.4. The first-order valence-corrected chi connectivity index (χ1v) is 8.82. The lowest BCUT2D eigenvalue weighted by Crippen LogP contribution is -2.19. The lowest BCUT2D eigenvalue weighted by molar-refractivity contribution is -0.139. The highest BCUT2D eigenvalue weighted by molar-refractivity contribution is 5.78. The second kappa shape index (κ2) is 8.93. The summed E-state index contributed by atoms with van der Waals surface area (Å²) in [7, 11) is 0. The van der Waals surface area contributed by atoms with Gasteiger partial charge < -0.3 is 15.3 Å². The summed E-state index contributed by atoms with van der Waals surface area (Å²) in [5.74, 6) is -1.43. The maximum absolute atomic E-state index is 14.4. The van der Waals surface area contributed by atoms with E-state index >= 15 is 0 Å². The van der Waals surface area contributed by atoms with Gasteiger partial charge in [0, 0.05) is 6.42 Å². The Morgan fingerprint density at radius 3 is 2.52 bits per heavy atom. The van der Waals surface area contributed by atoms with E-state index < -0.39 is 24.6 Å². The third kappa shape index (κ3) is 5.49. The van der Waals surface area contributed by atoms with Gasteiger partial charge in [0.1, 0.15) is 5.82 Å². The summed E-state index contributed by atoms with van der Waals surface area (Å²) >= 11 is 0. The highest BCUT2D eigenvalue weighted by atomic mass is 19.1. The van der Waals surface area contributed by atoms with E-state index in [9.17, 15) is 19.4 Å². The Kier molecular flexibility index (Phi) is 6.88. The van der Waals surface area contributed by atoms with Crippen LogP contribution in [0.1, 0.15) is 35.1 Å². The smallest absolute Gasteiger partial charge is 0.305 e. The van der Waals surface area contributed by atoms with Crippen molar-refractivity contribution >= 4 is 12.0 Å². The van der Waals surface area contributed by atoms with Gasteiger partial charge in [-0.2, -0.15) is 0 Å². The van der Waals surface area contributed by atoms with Crippen LogP contribution in [0.3, 0.4) is 0 Å². The SMILES string of the molecule is Cc1cccc(-c2cc(C)c(F)c(C)c2/C=C/C(O)CC(O)CC(=O)O)c1. The van der Waals surface area contributed by atoms with Crippen LogP contribution in [-0.2, 0) is 4.79 Å². The molecule has 2 unspecified atom stereocenters. The Morgan fingerprint density at radius 1 is 1.19 bits per heavy atom. The Balaban J connectivity index is 2.37. The largest absolute Gasteiger partial charge is 0.481 e. The van der Waals surface area contributed by atoms with Crippen LogP contribution in [0.4, 0.5) is 4.39 Å². The molecule has 0 heterocycles. The number of carboxylic acids is 1. The zero-order chi connectivity index (χ0) is 20.1. The average molecular weight is 372 g/mol. The summed E-state index contributed by atoms with van der Waals surface area (Å²) in [6, 6.07) is 9.65. The molecule has 3 N–H and O–H groups in total. The van der Waals surface area contributed by atoms with Crippen LogP contribution < -0.4 is 0 Å². The fourth-order valence-electron chi connectivity index (χ4n) is 3.09. The third-order valence-electron chi connectivity index (χ3n) is 4.47. The minimum Gasteiger partial charge on any atom is -0.481 e. The number of aryl methyl sites for hydroxylation is 2. The number of hydrogen-bond donors (Lipinski definition) is 3. The van der Waals surface area contributed by atoms with Crippen LogP contribution in [0.2, 0.25) is 0 Å². The normalized spacial score (nSPS) is 13.7. The lowest BCUT2D eigenvalue weighted by atomic mass is 9.91. The minimum absolute atomic E-state index is 0.101. The molecule has 2 aromatic rings. The van der Waals surface area contributed by atoms with E-state index in [0.29, 0.717) is 16.7 Å². The summed E-state index contributed by atoms with van der Waals surface area (Å²) in [5.41, 5.74) is 4.54. The van der Waals surface area contributed by atoms with Crippen molar-refractivity contribution < 1.29 is 24.5 Å². The van der Waals surface area contributed by atoms with Crippen molar-refractivity contribution in [1.82, 2.24) is 0 Å². The zero-order valence-corrected chi connectivity index (χ0v) is 15.7. The maximum Gasteiger partial charge on any atom is 0.305 e. The van der Waals surface area contributed by atoms with Crippen LogP contribution >= 0.6 is 0 Å². The van der Waals surface area contributed by atoms with Gasteiger partial charge in [-0.05, 0) is 54.7 Å². The molecule has 27 heavy (non-hydrogen) atoms. The molecule has 2 aromatic carbocycles. The van der Waals surface area contributed by atoms with Gasteiger partial charge in [-0.25, -0.2) is 4.39 Å². The van der Waals surface area contributed by atoms with Crippen molar-refractivity contribution in [3.05, 3.63) is 64.5 Å². The number of benzene rings is 2. The molecule has 0 saturated heterocycles. The van der Waals surface area contributed by atoms with Crippen LogP contribution in [0.5, 0.6) is 0 Å². The van der Waals surface area contributed by atoms with Crippen molar-refractivity contribution in [2.45, 2.75) is 45.8 Å². The molecule has 0 aromatic heterocycles. The zero-order valence-electron chi connectivity index (χ0n) is 15.7. The first-order chi connectivity index (χ1) is 12.7. The number of rotatable bonds is 7. The van der Waals surface area contributed by atoms with E-state index in [0.717, 1.165) is 16.7 Å². The Morgan fingerprint density at radius 2 is 1.89 bits per heavy atom. The van der Waals surface area contributed by atoms with Gasteiger partial charge in [0.05, 0.1) is 18.6 Å². The second-order valence-electron chi connectivity index (χ2n) is 6.88. The molecule has 0 fully saturated rings. The fraction of sp³-hybridized carbons (Fsp3) is 0.318. The number of aliphatic hydroxyl groups is 2. The number of carbonyl (C=O) groups is 1. The van der Waals surface area contributed by atoms with E-state index in [1.807, 2.05) is 31.2 Å². The molecule has 0 bridgehead atoms. The second-order valence-corrected chi connectivity index (χ2v) is 6.88. The van der Waals surface area contributed by atoms with E-state index in [4.69, 9.17) is 5.11 Å². The van der Waals surface area contributed by atoms with Gasteiger partial charge in [-0.1, -0.05) is 42.0 Å². The molecular formula is C22H25FO4. The summed E-state index contributed by atoms with van der Waals surface area (Å²) in [6.45, 7) is 5.38. The predicted molar refractivity (Wildman–Crippen MR) is 104 cm³/mol. The van der Waals surface area contributed by atoms with Gasteiger partial charge in [0.15, 0.2) is 0 Å². The topological polar surface area (TPSA) is 77.8 Å². The molecule has 144 valence electrons. The Bertz CT molecular complexity index is 858. The van der Waals surface area contributed by atoms with Gasteiger partial charge in [0.25, 0.3) is 0 Å².